The first-order valence-electron chi connectivity index (χ1n) is 11.5. The predicted molar refractivity (Wildman–Crippen MR) is 129 cm³/mol. The molecule has 3 amide bonds. The molecule has 1 aromatic heterocycles. The normalized spacial score (nSPS) is 14.4. The van der Waals surface area contributed by atoms with Gasteiger partial charge in [-0.25, -0.2) is 9.78 Å². The first-order chi connectivity index (χ1) is 16.6. The van der Waals surface area contributed by atoms with Gasteiger partial charge in [-0.05, 0) is 24.8 Å². The Kier molecular flexibility index (Phi) is 10.4. The molecular weight excluding hydrogens is 452 g/mol. The Hall–Kier alpha value is -3.73. The van der Waals surface area contributed by atoms with E-state index in [1.54, 1.807) is 30.5 Å². The number of aromatic amines is 1. The van der Waals surface area contributed by atoms with Crippen LogP contribution in [-0.2, 0) is 32.0 Å². The van der Waals surface area contributed by atoms with Crippen LogP contribution in [0, 0.1) is 5.92 Å². The number of carbonyl (C=O) groups excluding carboxylic acids is 3. The Morgan fingerprint density at radius 1 is 0.943 bits per heavy atom. The van der Waals surface area contributed by atoms with Crippen LogP contribution in [-0.4, -0.2) is 62.9 Å². The second-order valence-electron chi connectivity index (χ2n) is 8.90. The van der Waals surface area contributed by atoms with E-state index in [9.17, 15) is 24.3 Å². The largest absolute Gasteiger partial charge is 0.480 e. The monoisotopic (exact) mass is 486 g/mol. The lowest BCUT2D eigenvalue weighted by atomic mass is 10.0. The van der Waals surface area contributed by atoms with E-state index in [1.807, 2.05) is 19.9 Å². The van der Waals surface area contributed by atoms with Crippen molar-refractivity contribution in [1.29, 1.82) is 0 Å². The Morgan fingerprint density at radius 3 is 2.17 bits per heavy atom. The quantitative estimate of drug-likeness (QED) is 0.233. The highest BCUT2D eigenvalue weighted by Crippen LogP contribution is 2.07. The van der Waals surface area contributed by atoms with Crippen LogP contribution in [0.4, 0.5) is 0 Å². The minimum Gasteiger partial charge on any atom is -0.480 e. The molecule has 0 fully saturated rings. The highest BCUT2D eigenvalue weighted by molar-refractivity contribution is 5.94. The molecule has 0 bridgehead atoms. The zero-order valence-electron chi connectivity index (χ0n) is 20.2. The van der Waals surface area contributed by atoms with Gasteiger partial charge in [0.25, 0.3) is 0 Å². The number of nitrogens with one attached hydrogen (secondary N) is 4. The Bertz CT molecular complexity index is 980. The number of nitrogens with zero attached hydrogens (tertiary/aromatic N) is 1. The maximum Gasteiger partial charge on any atom is 0.326 e. The molecule has 190 valence electrons. The number of carboxylic acid groups (broad SMARTS) is 1. The van der Waals surface area contributed by atoms with Crippen molar-refractivity contribution >= 4 is 23.7 Å². The van der Waals surface area contributed by atoms with E-state index in [1.165, 1.54) is 13.3 Å². The molecule has 7 N–H and O–H groups in total. The van der Waals surface area contributed by atoms with E-state index in [0.29, 0.717) is 12.1 Å². The molecule has 0 aliphatic heterocycles. The summed E-state index contributed by atoms with van der Waals surface area (Å²) in [5.41, 5.74) is 7.41. The molecule has 0 saturated carbocycles. The SMILES string of the molecule is CC(C)CC(NC(=O)C(N)Cc1cnc[nH]1)C(=O)NC(C)C(=O)NC(Cc1ccccc1)C(=O)O. The number of hydrogen-bond acceptors (Lipinski definition) is 6. The highest BCUT2D eigenvalue weighted by atomic mass is 16.4. The summed E-state index contributed by atoms with van der Waals surface area (Å²) in [4.78, 5) is 56.5. The molecule has 1 aromatic carbocycles. The van der Waals surface area contributed by atoms with Crippen molar-refractivity contribution in [3.8, 4) is 0 Å². The number of hydrogen-bond donors (Lipinski definition) is 6. The van der Waals surface area contributed by atoms with Crippen LogP contribution in [0.15, 0.2) is 42.9 Å². The van der Waals surface area contributed by atoms with E-state index >= 15 is 0 Å². The number of rotatable bonds is 13. The number of amides is 3. The average molecular weight is 487 g/mol. The number of imidazole rings is 1. The molecule has 2 rings (SSSR count). The molecule has 35 heavy (non-hydrogen) atoms. The number of aromatic nitrogens is 2. The third-order valence-electron chi connectivity index (χ3n) is 5.32. The molecule has 0 spiro atoms. The lowest BCUT2D eigenvalue weighted by Gasteiger charge is -2.24. The fraction of sp³-hybridized carbons (Fsp3) is 0.458. The van der Waals surface area contributed by atoms with Gasteiger partial charge in [-0.15, -0.1) is 0 Å². The summed E-state index contributed by atoms with van der Waals surface area (Å²) in [5.74, 6) is -2.82. The van der Waals surface area contributed by atoms with Gasteiger partial charge in [0.2, 0.25) is 17.7 Å². The maximum absolute atomic E-state index is 12.9. The standard InChI is InChI=1S/C24H34N6O5/c1-14(2)9-19(29-22(32)18(25)11-17-12-26-13-27-17)23(33)28-15(3)21(31)30-20(24(34)35)10-16-7-5-4-6-8-16/h4-8,12-15,18-20H,9-11,25H2,1-3H3,(H,26,27)(H,28,33)(H,29,32)(H,30,31)(H,34,35). The topological polar surface area (TPSA) is 179 Å². The number of aliphatic carboxylic acids is 1. The minimum atomic E-state index is -1.18. The molecule has 0 aliphatic carbocycles. The van der Waals surface area contributed by atoms with E-state index in [-0.39, 0.29) is 18.8 Å². The molecule has 0 saturated heterocycles. The van der Waals surface area contributed by atoms with Crippen molar-refractivity contribution in [2.45, 2.75) is 64.2 Å². The van der Waals surface area contributed by atoms with Gasteiger partial charge in [0.1, 0.15) is 18.1 Å². The molecule has 11 heteroatoms. The van der Waals surface area contributed by atoms with Gasteiger partial charge in [0, 0.05) is 24.7 Å². The van der Waals surface area contributed by atoms with Crippen LogP contribution in [0.3, 0.4) is 0 Å². The Labute approximate surface area is 204 Å². The number of nitrogens with two attached hydrogens (primary N) is 1. The van der Waals surface area contributed by atoms with Gasteiger partial charge in [-0.1, -0.05) is 44.2 Å². The third kappa shape index (κ3) is 9.20. The summed E-state index contributed by atoms with van der Waals surface area (Å²) >= 11 is 0. The lowest BCUT2D eigenvalue weighted by molar-refractivity contribution is -0.142. The van der Waals surface area contributed by atoms with Gasteiger partial charge in [-0.3, -0.25) is 14.4 Å². The fourth-order valence-electron chi connectivity index (χ4n) is 3.43. The van der Waals surface area contributed by atoms with Gasteiger partial charge < -0.3 is 31.8 Å². The third-order valence-corrected chi connectivity index (χ3v) is 5.32. The average Bonchev–Trinajstić information content (AvgIpc) is 3.31. The molecule has 2 aromatic rings. The fourth-order valence-corrected chi connectivity index (χ4v) is 3.43. The molecule has 11 nitrogen and oxygen atoms in total. The summed E-state index contributed by atoms with van der Waals surface area (Å²) in [5, 5.41) is 17.2. The van der Waals surface area contributed by atoms with Crippen LogP contribution < -0.4 is 21.7 Å². The second kappa shape index (κ2) is 13.2. The van der Waals surface area contributed by atoms with Crippen LogP contribution >= 0.6 is 0 Å². The van der Waals surface area contributed by atoms with Crippen molar-refractivity contribution in [2.24, 2.45) is 11.7 Å². The molecule has 4 unspecified atom stereocenters. The smallest absolute Gasteiger partial charge is 0.326 e. The van der Waals surface area contributed by atoms with Crippen LogP contribution in [0.1, 0.15) is 38.4 Å². The summed E-state index contributed by atoms with van der Waals surface area (Å²) in [6, 6.07) is 4.92. The molecule has 0 radical (unpaired) electrons. The van der Waals surface area contributed by atoms with Gasteiger partial charge in [0.15, 0.2) is 0 Å². The zero-order valence-corrected chi connectivity index (χ0v) is 20.2. The second-order valence-corrected chi connectivity index (χ2v) is 8.90. The van der Waals surface area contributed by atoms with Crippen LogP contribution in [0.25, 0.3) is 0 Å². The van der Waals surface area contributed by atoms with Crippen molar-refractivity contribution in [2.75, 3.05) is 0 Å². The van der Waals surface area contributed by atoms with Crippen molar-refractivity contribution in [1.82, 2.24) is 25.9 Å². The number of H-pyrrole nitrogens is 1. The Balaban J connectivity index is 1.97. The maximum atomic E-state index is 12.9. The minimum absolute atomic E-state index is 0.0706. The van der Waals surface area contributed by atoms with E-state index in [4.69, 9.17) is 5.73 Å². The lowest BCUT2D eigenvalue weighted by Crippen LogP contribution is -2.57. The predicted octanol–water partition coefficient (Wildman–Crippen LogP) is 0.127. The molecule has 0 aliphatic rings. The molecule has 1 heterocycles. The number of benzene rings is 1. The summed E-state index contributed by atoms with van der Waals surface area (Å²) < 4.78 is 0. The van der Waals surface area contributed by atoms with Gasteiger partial charge in [0.05, 0.1) is 12.4 Å². The summed E-state index contributed by atoms with van der Waals surface area (Å²) in [7, 11) is 0. The molecule has 4 atom stereocenters. The molecular formula is C24H34N6O5. The van der Waals surface area contributed by atoms with Crippen LogP contribution in [0.5, 0.6) is 0 Å². The highest BCUT2D eigenvalue weighted by Gasteiger charge is 2.29. The van der Waals surface area contributed by atoms with Crippen molar-refractivity contribution in [3.05, 3.63) is 54.1 Å². The summed E-state index contributed by atoms with van der Waals surface area (Å²) in [6.07, 6.45) is 3.69. The van der Waals surface area contributed by atoms with E-state index in [2.05, 4.69) is 25.9 Å². The number of carboxylic acids is 1. The Morgan fingerprint density at radius 2 is 1.60 bits per heavy atom. The number of carbonyl (C=O) groups is 4. The van der Waals surface area contributed by atoms with E-state index in [0.717, 1.165) is 5.56 Å². The van der Waals surface area contributed by atoms with Crippen molar-refractivity contribution < 1.29 is 24.3 Å². The van der Waals surface area contributed by atoms with Gasteiger partial charge >= 0.3 is 5.97 Å². The summed E-state index contributed by atoms with van der Waals surface area (Å²) in [6.45, 7) is 5.25. The van der Waals surface area contributed by atoms with Crippen LogP contribution in [0.2, 0.25) is 0 Å². The van der Waals surface area contributed by atoms with E-state index < -0.39 is 47.9 Å². The first-order valence-corrected chi connectivity index (χ1v) is 11.5. The van der Waals surface area contributed by atoms with Gasteiger partial charge in [-0.2, -0.15) is 0 Å². The first kappa shape index (κ1) is 27.5. The zero-order chi connectivity index (χ0) is 26.0. The van der Waals surface area contributed by atoms with Crippen molar-refractivity contribution in [3.63, 3.8) is 0 Å².